The predicted molar refractivity (Wildman–Crippen MR) is 183 cm³/mol. The second kappa shape index (κ2) is 9.44. The van der Waals surface area contributed by atoms with E-state index in [4.69, 9.17) is 27.7 Å². The van der Waals surface area contributed by atoms with E-state index in [1.807, 2.05) is 0 Å². The Morgan fingerprint density at radius 1 is 0.419 bits per heavy atom. The zero-order valence-corrected chi connectivity index (χ0v) is 21.9. The van der Waals surface area contributed by atoms with Crippen LogP contribution in [0, 0.1) is 0 Å². The number of hydrogen-bond donors (Lipinski definition) is 0. The van der Waals surface area contributed by atoms with Gasteiger partial charge in [0.05, 0.1) is 27.4 Å². The summed E-state index contributed by atoms with van der Waals surface area (Å²) >= 11 is 0. The van der Waals surface area contributed by atoms with Crippen molar-refractivity contribution < 1.29 is 31.8 Å². The number of para-hydroxylation sites is 2. The van der Waals surface area contributed by atoms with Gasteiger partial charge in [-0.2, -0.15) is 0 Å². The second-order valence-electron chi connectivity index (χ2n) is 9.75. The van der Waals surface area contributed by atoms with E-state index in [0.717, 1.165) is 0 Å². The third-order valence-electron chi connectivity index (χ3n) is 7.43. The van der Waals surface area contributed by atoms with Crippen molar-refractivity contribution >= 4 is 54.3 Å². The van der Waals surface area contributed by atoms with Gasteiger partial charge in [-0.25, -0.2) is 0 Å². The first-order valence-electron chi connectivity index (χ1n) is 23.1. The Balaban J connectivity index is 1.50. The van der Waals surface area contributed by atoms with Crippen LogP contribution in [0.1, 0.15) is 27.4 Å². The van der Waals surface area contributed by atoms with Gasteiger partial charge in [-0.05, 0) is 72.7 Å². The number of benzene rings is 8. The Labute approximate surface area is 277 Å². The highest BCUT2D eigenvalue weighted by Crippen LogP contribution is 2.46. The van der Waals surface area contributed by atoms with Gasteiger partial charge < -0.3 is 4.42 Å². The largest absolute Gasteiger partial charge is 0.455 e. The highest BCUT2D eigenvalue weighted by molar-refractivity contribution is 6.24. The number of furan rings is 1. The molecule has 43 heavy (non-hydrogen) atoms. The fourth-order valence-electron chi connectivity index (χ4n) is 5.58. The van der Waals surface area contributed by atoms with E-state index in [1.54, 1.807) is 0 Å². The van der Waals surface area contributed by atoms with Crippen molar-refractivity contribution in [2.24, 2.45) is 0 Å². The van der Waals surface area contributed by atoms with Crippen molar-refractivity contribution in [2.45, 2.75) is 0 Å². The van der Waals surface area contributed by atoms with Crippen molar-refractivity contribution in [1.29, 1.82) is 0 Å². The van der Waals surface area contributed by atoms with Crippen molar-refractivity contribution in [3.63, 3.8) is 0 Å². The molecule has 0 atom stereocenters. The van der Waals surface area contributed by atoms with Crippen LogP contribution >= 0.6 is 0 Å². The molecule has 0 amide bonds. The first kappa shape index (κ1) is 11.6. The summed E-state index contributed by atoms with van der Waals surface area (Å²) in [5, 5.41) is -0.643. The molecule has 1 heterocycles. The fourth-order valence-corrected chi connectivity index (χ4v) is 5.58. The smallest absolute Gasteiger partial charge is 0.143 e. The highest BCUT2D eigenvalue weighted by atomic mass is 16.3. The van der Waals surface area contributed by atoms with Crippen LogP contribution in [0.15, 0.2) is 162 Å². The summed E-state index contributed by atoms with van der Waals surface area (Å²) in [6.45, 7) is 0. The summed E-state index contributed by atoms with van der Waals surface area (Å²) in [6, 6.07) is -3.44. The van der Waals surface area contributed by atoms with Gasteiger partial charge in [0.2, 0.25) is 0 Å². The Hall–Kier alpha value is -5.66. The molecule has 200 valence electrons. The van der Waals surface area contributed by atoms with Crippen LogP contribution in [0.25, 0.3) is 87.6 Å². The summed E-state index contributed by atoms with van der Waals surface area (Å²) in [7, 11) is 0. The molecule has 9 rings (SSSR count). The summed E-state index contributed by atoms with van der Waals surface area (Å²) in [5.41, 5.74) is -1.70. The molecule has 0 fully saturated rings. The van der Waals surface area contributed by atoms with Crippen LogP contribution in [0.4, 0.5) is 0 Å². The first-order chi connectivity index (χ1) is 29.6. The lowest BCUT2D eigenvalue weighted by Crippen LogP contribution is -1.91. The molecule has 0 N–H and O–H groups in total. The summed E-state index contributed by atoms with van der Waals surface area (Å²) in [5.74, 6) is 0. The molecular formula is C42H26O. The maximum Gasteiger partial charge on any atom is 0.143 e. The Morgan fingerprint density at radius 2 is 1.05 bits per heavy atom. The standard InChI is InChI=1S/C42H26O/c1-2-12-28-25-30(24-23-27(28)11-1)29-13-9-14-31(26-29)40-33-16-3-5-18-35(33)41(36-19-6-4-17-34(36)40)38-21-10-20-37-32-15-7-8-22-39(32)43-42(37)38/h1-26H/i1D,2D,3D,4D,5D,6D,7D,8D,9D,10D,11D,12D,13D,14D,15D,20D,21D,22D,23D,26D. The third kappa shape index (κ3) is 3.72. The average molecular weight is 567 g/mol. The molecule has 8 aromatic carbocycles. The molecule has 0 radical (unpaired) electrons. The van der Waals surface area contributed by atoms with E-state index in [1.165, 1.54) is 36.4 Å². The van der Waals surface area contributed by atoms with Crippen LogP contribution in [0.5, 0.6) is 0 Å². The van der Waals surface area contributed by atoms with E-state index >= 15 is 0 Å². The van der Waals surface area contributed by atoms with Crippen molar-refractivity contribution in [2.75, 3.05) is 0 Å². The molecule has 0 saturated heterocycles. The predicted octanol–water partition coefficient (Wildman–Crippen LogP) is 12.0. The molecule has 1 nitrogen and oxygen atoms in total. The summed E-state index contributed by atoms with van der Waals surface area (Å²) in [6.07, 6.45) is 0. The summed E-state index contributed by atoms with van der Waals surface area (Å²) < 4.78 is 181. The van der Waals surface area contributed by atoms with Gasteiger partial charge in [-0.15, -0.1) is 0 Å². The Bertz CT molecular complexity index is 3560. The molecule has 0 spiro atoms. The van der Waals surface area contributed by atoms with Gasteiger partial charge >= 0.3 is 0 Å². The molecule has 0 aliphatic rings. The minimum atomic E-state index is -0.698. The fraction of sp³-hybridized carbons (Fsp3) is 0. The quantitative estimate of drug-likeness (QED) is 0.194. The number of hydrogen-bond acceptors (Lipinski definition) is 1. The normalized spacial score (nSPS) is 18.2. The Kier molecular flexibility index (Phi) is 2.54. The molecule has 0 bridgehead atoms. The SMILES string of the molecule is [2H]c1cc2c(-c3c([2H])c([2H])c([2H])c(-c4cc([2H])c5c([2H])c([2H])c([2H])c([2H])c5c4)c3[2H])c3cc([2H])c([2H])cc3c(-c3c([2H])c([2H])c([2H])c4c3oc3c([2H])c([2H])c([2H])c([2H])c34)c2cc1[2H]. The zero-order valence-electron chi connectivity index (χ0n) is 41.9. The van der Waals surface area contributed by atoms with E-state index in [9.17, 15) is 4.11 Å². The van der Waals surface area contributed by atoms with Gasteiger partial charge in [0.25, 0.3) is 0 Å². The molecule has 0 saturated carbocycles. The van der Waals surface area contributed by atoms with Gasteiger partial charge in [-0.3, -0.25) is 0 Å². The monoisotopic (exact) mass is 566 g/mol. The third-order valence-corrected chi connectivity index (χ3v) is 7.43. The van der Waals surface area contributed by atoms with Crippen LogP contribution in [-0.2, 0) is 0 Å². The van der Waals surface area contributed by atoms with E-state index in [2.05, 4.69) is 0 Å². The lowest BCUT2D eigenvalue weighted by Gasteiger charge is -2.18. The van der Waals surface area contributed by atoms with Crippen LogP contribution in [0.3, 0.4) is 0 Å². The summed E-state index contributed by atoms with van der Waals surface area (Å²) in [4.78, 5) is 0. The molecule has 0 unspecified atom stereocenters. The van der Waals surface area contributed by atoms with Crippen LogP contribution in [-0.4, -0.2) is 0 Å². The van der Waals surface area contributed by atoms with Crippen molar-refractivity contribution in [3.05, 3.63) is 157 Å². The van der Waals surface area contributed by atoms with Gasteiger partial charge in [0.15, 0.2) is 0 Å². The van der Waals surface area contributed by atoms with E-state index < -0.39 is 90.6 Å². The first-order valence-corrected chi connectivity index (χ1v) is 13.1. The molecule has 1 heteroatoms. The lowest BCUT2D eigenvalue weighted by atomic mass is 9.85. The highest BCUT2D eigenvalue weighted by Gasteiger charge is 2.20. The molecular weight excluding hydrogens is 520 g/mol. The molecule has 9 aromatic rings. The van der Waals surface area contributed by atoms with Crippen molar-refractivity contribution in [3.8, 4) is 33.4 Å². The maximum absolute atomic E-state index is 9.68. The van der Waals surface area contributed by atoms with E-state index in [-0.39, 0.29) is 118 Å². The van der Waals surface area contributed by atoms with E-state index in [0.29, 0.717) is 0 Å². The second-order valence-corrected chi connectivity index (χ2v) is 9.75. The van der Waals surface area contributed by atoms with Gasteiger partial charge in [-0.1, -0.05) is 139 Å². The van der Waals surface area contributed by atoms with Crippen molar-refractivity contribution in [1.82, 2.24) is 0 Å². The minimum absolute atomic E-state index is 0.00362. The van der Waals surface area contributed by atoms with Gasteiger partial charge in [0, 0.05) is 21.9 Å². The number of rotatable bonds is 3. The molecule has 1 aromatic heterocycles. The number of fused-ring (bicyclic) bond motifs is 6. The van der Waals surface area contributed by atoms with Gasteiger partial charge in [0.1, 0.15) is 11.2 Å². The Morgan fingerprint density at radius 3 is 1.84 bits per heavy atom. The average Bonchev–Trinajstić information content (AvgIpc) is 3.64. The lowest BCUT2D eigenvalue weighted by molar-refractivity contribution is 0.670. The molecule has 0 aliphatic heterocycles. The van der Waals surface area contributed by atoms with Crippen LogP contribution in [0.2, 0.25) is 0 Å². The minimum Gasteiger partial charge on any atom is -0.455 e. The van der Waals surface area contributed by atoms with Crippen LogP contribution < -0.4 is 0 Å². The molecule has 0 aliphatic carbocycles. The zero-order chi connectivity index (χ0) is 45.7. The maximum atomic E-state index is 9.68. The topological polar surface area (TPSA) is 13.1 Å².